The Hall–Kier alpha value is -2.78. The Morgan fingerprint density at radius 2 is 1.90 bits per heavy atom. The minimum Gasteiger partial charge on any atom is -0.270 e. The monoisotopic (exact) mass is 440 g/mol. The minimum atomic E-state index is 0.588. The number of halogens is 1. The molecule has 0 saturated heterocycles. The molecule has 10 heteroatoms. The van der Waals surface area contributed by atoms with Gasteiger partial charge in [0.1, 0.15) is 0 Å². The molecular formula is C20H21ClN8S. The third kappa shape index (κ3) is 4.22. The van der Waals surface area contributed by atoms with Crippen LogP contribution in [0.15, 0.2) is 47.9 Å². The van der Waals surface area contributed by atoms with Crippen LogP contribution in [0.3, 0.4) is 0 Å². The lowest BCUT2D eigenvalue weighted by Gasteiger charge is -2.13. The van der Waals surface area contributed by atoms with Gasteiger partial charge in [0, 0.05) is 29.5 Å². The molecular weight excluding hydrogens is 420 g/mol. The van der Waals surface area contributed by atoms with Crippen LogP contribution in [0, 0.1) is 6.92 Å². The van der Waals surface area contributed by atoms with Crippen molar-refractivity contribution in [1.29, 1.82) is 0 Å². The summed E-state index contributed by atoms with van der Waals surface area (Å²) in [5.41, 5.74) is 2.83. The molecule has 0 fully saturated rings. The summed E-state index contributed by atoms with van der Waals surface area (Å²) in [6.45, 7) is 4.95. The van der Waals surface area contributed by atoms with Gasteiger partial charge in [0.05, 0.1) is 11.4 Å². The standard InChI is InChI=1S/C20H21ClN8S/c1-3-4-12-28-18(23-26-27-28)13-30-20-25-24-19(15-8-10-22-11-9-15)29(20)17-7-5-6-16(21)14(17)2/h5-11H,3-4,12-13H2,1-2H3. The van der Waals surface area contributed by atoms with Crippen LogP contribution in [0.2, 0.25) is 5.02 Å². The largest absolute Gasteiger partial charge is 0.270 e. The van der Waals surface area contributed by atoms with E-state index in [2.05, 4.69) is 37.6 Å². The van der Waals surface area contributed by atoms with Crippen LogP contribution in [0.1, 0.15) is 31.2 Å². The van der Waals surface area contributed by atoms with Gasteiger partial charge in [-0.05, 0) is 53.6 Å². The molecule has 0 spiro atoms. The lowest BCUT2D eigenvalue weighted by Crippen LogP contribution is -2.06. The average molecular weight is 441 g/mol. The molecule has 0 saturated carbocycles. The van der Waals surface area contributed by atoms with Gasteiger partial charge in [-0.25, -0.2) is 4.68 Å². The minimum absolute atomic E-state index is 0.588. The maximum atomic E-state index is 6.41. The number of aryl methyl sites for hydroxylation is 1. The highest BCUT2D eigenvalue weighted by molar-refractivity contribution is 7.98. The average Bonchev–Trinajstić information content (AvgIpc) is 3.40. The van der Waals surface area contributed by atoms with Crippen molar-refractivity contribution in [2.45, 2.75) is 44.1 Å². The van der Waals surface area contributed by atoms with Gasteiger partial charge in [0.25, 0.3) is 0 Å². The summed E-state index contributed by atoms with van der Waals surface area (Å²) in [7, 11) is 0. The van der Waals surface area contributed by atoms with E-state index in [1.807, 2.05) is 46.5 Å². The Morgan fingerprint density at radius 1 is 1.07 bits per heavy atom. The van der Waals surface area contributed by atoms with Crippen molar-refractivity contribution in [1.82, 2.24) is 40.0 Å². The molecule has 3 aromatic heterocycles. The second-order valence-electron chi connectivity index (χ2n) is 6.72. The first-order valence-corrected chi connectivity index (χ1v) is 11.0. The fraction of sp³-hybridized carbons (Fsp3) is 0.300. The molecule has 0 aliphatic carbocycles. The fourth-order valence-corrected chi connectivity index (χ4v) is 4.09. The number of hydrogen-bond acceptors (Lipinski definition) is 7. The van der Waals surface area contributed by atoms with E-state index in [0.717, 1.165) is 53.0 Å². The van der Waals surface area contributed by atoms with Gasteiger partial charge in [-0.2, -0.15) is 0 Å². The molecule has 0 radical (unpaired) electrons. The van der Waals surface area contributed by atoms with E-state index in [4.69, 9.17) is 11.6 Å². The van der Waals surface area contributed by atoms with Gasteiger partial charge in [0.15, 0.2) is 16.8 Å². The quantitative estimate of drug-likeness (QED) is 0.376. The predicted molar refractivity (Wildman–Crippen MR) is 117 cm³/mol. The number of tetrazole rings is 1. The molecule has 0 bridgehead atoms. The number of unbranched alkanes of at least 4 members (excludes halogenated alkanes) is 1. The molecule has 0 aliphatic heterocycles. The molecule has 0 atom stereocenters. The second-order valence-corrected chi connectivity index (χ2v) is 8.07. The number of thioether (sulfide) groups is 1. The van der Waals surface area contributed by atoms with Gasteiger partial charge in [-0.3, -0.25) is 9.55 Å². The van der Waals surface area contributed by atoms with E-state index in [0.29, 0.717) is 10.8 Å². The van der Waals surface area contributed by atoms with Gasteiger partial charge in [-0.1, -0.05) is 42.8 Å². The van der Waals surface area contributed by atoms with Crippen molar-refractivity contribution >= 4 is 23.4 Å². The van der Waals surface area contributed by atoms with Crippen molar-refractivity contribution in [3.8, 4) is 17.1 Å². The molecule has 8 nitrogen and oxygen atoms in total. The zero-order chi connectivity index (χ0) is 20.9. The zero-order valence-corrected chi connectivity index (χ0v) is 18.3. The lowest BCUT2D eigenvalue weighted by molar-refractivity contribution is 0.540. The SMILES string of the molecule is CCCCn1nnnc1CSc1nnc(-c2ccncc2)n1-c1cccc(Cl)c1C. The van der Waals surface area contributed by atoms with Crippen molar-refractivity contribution in [2.24, 2.45) is 0 Å². The lowest BCUT2D eigenvalue weighted by atomic mass is 10.2. The zero-order valence-electron chi connectivity index (χ0n) is 16.7. The smallest absolute Gasteiger partial charge is 0.196 e. The molecule has 0 amide bonds. The van der Waals surface area contributed by atoms with Gasteiger partial charge >= 0.3 is 0 Å². The van der Waals surface area contributed by atoms with Crippen molar-refractivity contribution in [2.75, 3.05) is 0 Å². The first kappa shape index (κ1) is 20.5. The highest BCUT2D eigenvalue weighted by atomic mass is 35.5. The van der Waals surface area contributed by atoms with Gasteiger partial charge in [0.2, 0.25) is 0 Å². The number of benzene rings is 1. The molecule has 3 heterocycles. The number of pyridine rings is 1. The van der Waals surface area contributed by atoms with Crippen molar-refractivity contribution in [3.05, 3.63) is 59.1 Å². The second kappa shape index (κ2) is 9.36. The Bertz CT molecular complexity index is 1130. The van der Waals surface area contributed by atoms with E-state index in [-0.39, 0.29) is 0 Å². The highest BCUT2D eigenvalue weighted by Crippen LogP contribution is 2.32. The van der Waals surface area contributed by atoms with Crippen LogP contribution in [0.5, 0.6) is 0 Å². The van der Waals surface area contributed by atoms with E-state index in [1.54, 1.807) is 24.2 Å². The number of nitrogens with zero attached hydrogens (tertiary/aromatic N) is 8. The van der Waals surface area contributed by atoms with E-state index < -0.39 is 0 Å². The first-order chi connectivity index (χ1) is 14.7. The topological polar surface area (TPSA) is 87.2 Å². The fourth-order valence-electron chi connectivity index (χ4n) is 3.04. The summed E-state index contributed by atoms with van der Waals surface area (Å²) >= 11 is 7.95. The van der Waals surface area contributed by atoms with Crippen molar-refractivity contribution < 1.29 is 0 Å². The van der Waals surface area contributed by atoms with Crippen molar-refractivity contribution in [3.63, 3.8) is 0 Å². The normalized spacial score (nSPS) is 11.2. The molecule has 30 heavy (non-hydrogen) atoms. The van der Waals surface area contributed by atoms with E-state index in [9.17, 15) is 0 Å². The third-order valence-corrected chi connectivity index (χ3v) is 6.05. The molecule has 0 unspecified atom stereocenters. The third-order valence-electron chi connectivity index (χ3n) is 4.71. The van der Waals surface area contributed by atoms with Crippen LogP contribution in [-0.2, 0) is 12.3 Å². The summed E-state index contributed by atoms with van der Waals surface area (Å²) in [6.07, 6.45) is 5.61. The molecule has 0 aliphatic rings. The van der Waals surface area contributed by atoms with Crippen LogP contribution < -0.4 is 0 Å². The number of aromatic nitrogens is 8. The maximum Gasteiger partial charge on any atom is 0.196 e. The summed E-state index contributed by atoms with van der Waals surface area (Å²) in [5, 5.41) is 22.5. The molecule has 4 rings (SSSR count). The van der Waals surface area contributed by atoms with E-state index >= 15 is 0 Å². The van der Waals surface area contributed by atoms with Crippen LogP contribution in [0.4, 0.5) is 0 Å². The summed E-state index contributed by atoms with van der Waals surface area (Å²) in [5.74, 6) is 2.14. The summed E-state index contributed by atoms with van der Waals surface area (Å²) < 4.78 is 3.88. The number of hydrogen-bond donors (Lipinski definition) is 0. The summed E-state index contributed by atoms with van der Waals surface area (Å²) in [4.78, 5) is 4.11. The summed E-state index contributed by atoms with van der Waals surface area (Å²) in [6, 6.07) is 9.66. The van der Waals surface area contributed by atoms with Crippen LogP contribution >= 0.6 is 23.4 Å². The predicted octanol–water partition coefficient (Wildman–Crippen LogP) is 4.37. The maximum absolute atomic E-state index is 6.41. The Labute approximate surface area is 183 Å². The first-order valence-electron chi connectivity index (χ1n) is 9.68. The molecule has 154 valence electrons. The number of rotatable bonds is 8. The van der Waals surface area contributed by atoms with Gasteiger partial charge in [-0.15, -0.1) is 15.3 Å². The molecule has 1 aromatic carbocycles. The molecule has 0 N–H and O–H groups in total. The van der Waals surface area contributed by atoms with Gasteiger partial charge < -0.3 is 0 Å². The van der Waals surface area contributed by atoms with E-state index in [1.165, 1.54) is 0 Å². The Morgan fingerprint density at radius 3 is 2.70 bits per heavy atom. The molecule has 4 aromatic rings. The van der Waals surface area contributed by atoms with Crippen LogP contribution in [0.25, 0.3) is 17.1 Å². The van der Waals surface area contributed by atoms with Crippen LogP contribution in [-0.4, -0.2) is 40.0 Å². The Kier molecular flexibility index (Phi) is 6.39. The highest BCUT2D eigenvalue weighted by Gasteiger charge is 2.19. The Balaban J connectivity index is 1.71.